The number of carbonyl (C=O) groups is 1. The molecule has 1 fully saturated rings. The van der Waals surface area contributed by atoms with E-state index in [0.29, 0.717) is 19.8 Å². The molecule has 0 aliphatic carbocycles. The van der Waals surface area contributed by atoms with Crippen LogP contribution in [-0.2, 0) is 22.5 Å². The molecule has 1 aromatic carbocycles. The fourth-order valence-corrected chi connectivity index (χ4v) is 2.99. The highest BCUT2D eigenvalue weighted by molar-refractivity contribution is 5.81. The number of carbonyl (C=O) groups excluding carboxylic acids is 1. The molecule has 0 aromatic heterocycles. The van der Waals surface area contributed by atoms with Crippen LogP contribution >= 0.6 is 0 Å². The highest BCUT2D eigenvalue weighted by Gasteiger charge is 2.25. The third-order valence-electron chi connectivity index (χ3n) is 4.05. The van der Waals surface area contributed by atoms with Crippen LogP contribution in [0.15, 0.2) is 12.1 Å². The van der Waals surface area contributed by atoms with Crippen molar-refractivity contribution in [3.63, 3.8) is 0 Å². The van der Waals surface area contributed by atoms with Crippen molar-refractivity contribution in [1.82, 2.24) is 5.32 Å². The second kappa shape index (κ2) is 6.57. The summed E-state index contributed by atoms with van der Waals surface area (Å²) >= 11 is 0. The van der Waals surface area contributed by atoms with E-state index in [2.05, 4.69) is 12.2 Å². The lowest BCUT2D eigenvalue weighted by Crippen LogP contribution is -2.33. The maximum atomic E-state index is 12.1. The quantitative estimate of drug-likeness (QED) is 0.906. The van der Waals surface area contributed by atoms with Crippen LogP contribution in [0.3, 0.4) is 0 Å². The molecule has 120 valence electrons. The largest absolute Gasteiger partial charge is 0.494 e. The summed E-state index contributed by atoms with van der Waals surface area (Å²) < 4.78 is 16.9. The van der Waals surface area contributed by atoms with Crippen LogP contribution in [-0.4, -0.2) is 31.3 Å². The average molecular weight is 305 g/mol. The average Bonchev–Trinajstić information content (AvgIpc) is 3.13. The van der Waals surface area contributed by atoms with E-state index in [1.54, 1.807) is 0 Å². The second-order valence-electron chi connectivity index (χ2n) is 5.85. The Kier molecular flexibility index (Phi) is 4.52. The molecule has 5 heteroatoms. The maximum Gasteiger partial charge on any atom is 0.249 e. The number of ether oxygens (including phenoxy) is 3. The first-order valence-electron chi connectivity index (χ1n) is 8.02. The van der Waals surface area contributed by atoms with E-state index in [0.717, 1.165) is 36.3 Å². The Labute approximate surface area is 130 Å². The zero-order chi connectivity index (χ0) is 15.5. The first-order chi connectivity index (χ1) is 10.7. The maximum absolute atomic E-state index is 12.1. The Hall–Kier alpha value is -1.75. The Bertz CT molecular complexity index is 552. The lowest BCUT2D eigenvalue weighted by Gasteiger charge is -2.15. The van der Waals surface area contributed by atoms with Gasteiger partial charge in [-0.15, -0.1) is 0 Å². The number of nitrogens with one attached hydrogen (secondary N) is 1. The third-order valence-corrected chi connectivity index (χ3v) is 4.05. The number of rotatable bonds is 5. The first-order valence-corrected chi connectivity index (χ1v) is 8.02. The van der Waals surface area contributed by atoms with Crippen molar-refractivity contribution in [2.75, 3.05) is 13.2 Å². The highest BCUT2D eigenvalue weighted by Crippen LogP contribution is 2.35. The number of amides is 1. The van der Waals surface area contributed by atoms with Gasteiger partial charge in [0.1, 0.15) is 23.7 Å². The molecule has 0 bridgehead atoms. The van der Waals surface area contributed by atoms with Gasteiger partial charge in [0, 0.05) is 30.7 Å². The SMILES string of the molecule is CCOc1cc2c(cc1CNC(=O)[C@H]1CCCO1)O[C@@H](C)C2. The zero-order valence-electron chi connectivity index (χ0n) is 13.2. The van der Waals surface area contributed by atoms with Gasteiger partial charge in [0.15, 0.2) is 0 Å². The van der Waals surface area contributed by atoms with Crippen LogP contribution in [0.1, 0.15) is 37.8 Å². The summed E-state index contributed by atoms with van der Waals surface area (Å²) in [7, 11) is 0. The van der Waals surface area contributed by atoms with Crippen molar-refractivity contribution >= 4 is 5.91 Å². The van der Waals surface area contributed by atoms with Crippen LogP contribution < -0.4 is 14.8 Å². The predicted octanol–water partition coefficient (Wildman–Crippen LogP) is 2.20. The van der Waals surface area contributed by atoms with Crippen molar-refractivity contribution in [3.8, 4) is 11.5 Å². The summed E-state index contributed by atoms with van der Waals surface area (Å²) in [5.74, 6) is 1.68. The molecule has 2 atom stereocenters. The van der Waals surface area contributed by atoms with Crippen molar-refractivity contribution in [1.29, 1.82) is 0 Å². The van der Waals surface area contributed by atoms with Gasteiger partial charge in [-0.2, -0.15) is 0 Å². The van der Waals surface area contributed by atoms with E-state index in [1.165, 1.54) is 5.56 Å². The summed E-state index contributed by atoms with van der Waals surface area (Å²) in [6.45, 7) is 5.72. The molecule has 1 amide bonds. The lowest BCUT2D eigenvalue weighted by atomic mass is 10.1. The molecule has 3 rings (SSSR count). The molecular weight excluding hydrogens is 282 g/mol. The summed E-state index contributed by atoms with van der Waals surface area (Å²) in [5.41, 5.74) is 2.12. The monoisotopic (exact) mass is 305 g/mol. The van der Waals surface area contributed by atoms with Gasteiger partial charge >= 0.3 is 0 Å². The van der Waals surface area contributed by atoms with E-state index in [1.807, 2.05) is 19.1 Å². The Morgan fingerprint density at radius 1 is 1.45 bits per heavy atom. The van der Waals surface area contributed by atoms with E-state index in [4.69, 9.17) is 14.2 Å². The second-order valence-corrected chi connectivity index (χ2v) is 5.85. The smallest absolute Gasteiger partial charge is 0.249 e. The van der Waals surface area contributed by atoms with Crippen LogP contribution in [0.4, 0.5) is 0 Å². The van der Waals surface area contributed by atoms with Gasteiger partial charge < -0.3 is 19.5 Å². The van der Waals surface area contributed by atoms with Crippen molar-refractivity contribution in [3.05, 3.63) is 23.3 Å². The third kappa shape index (κ3) is 3.19. The van der Waals surface area contributed by atoms with Crippen LogP contribution in [0.25, 0.3) is 0 Å². The van der Waals surface area contributed by atoms with Gasteiger partial charge in [0.25, 0.3) is 0 Å². The number of benzene rings is 1. The summed E-state index contributed by atoms with van der Waals surface area (Å²) in [5, 5.41) is 2.94. The van der Waals surface area contributed by atoms with E-state index >= 15 is 0 Å². The molecule has 0 spiro atoms. The molecule has 2 aliphatic rings. The molecule has 0 saturated carbocycles. The van der Waals surface area contributed by atoms with E-state index in [9.17, 15) is 4.79 Å². The van der Waals surface area contributed by atoms with Gasteiger partial charge in [-0.25, -0.2) is 0 Å². The number of hydrogen-bond donors (Lipinski definition) is 1. The topological polar surface area (TPSA) is 56.8 Å². The molecule has 22 heavy (non-hydrogen) atoms. The summed E-state index contributed by atoms with van der Waals surface area (Å²) in [6, 6.07) is 4.02. The molecule has 2 heterocycles. The minimum Gasteiger partial charge on any atom is -0.494 e. The molecule has 2 aliphatic heterocycles. The van der Waals surface area contributed by atoms with Crippen molar-refractivity contribution in [2.45, 2.75) is 51.9 Å². The van der Waals surface area contributed by atoms with E-state index in [-0.39, 0.29) is 18.1 Å². The standard InChI is InChI=1S/C17H23NO4/c1-3-20-15-8-12-7-11(2)22-16(12)9-13(15)10-18-17(19)14-5-4-6-21-14/h8-9,11,14H,3-7,10H2,1-2H3,(H,18,19)/t11-,14+/m0/s1. The Balaban J connectivity index is 1.71. The fourth-order valence-electron chi connectivity index (χ4n) is 2.99. The Morgan fingerprint density at radius 2 is 2.32 bits per heavy atom. The normalized spacial score (nSPS) is 23.0. The van der Waals surface area contributed by atoms with Crippen LogP contribution in [0.5, 0.6) is 11.5 Å². The number of fused-ring (bicyclic) bond motifs is 1. The van der Waals surface area contributed by atoms with Gasteiger partial charge in [0.2, 0.25) is 5.91 Å². The lowest BCUT2D eigenvalue weighted by molar-refractivity contribution is -0.130. The highest BCUT2D eigenvalue weighted by atomic mass is 16.5. The molecule has 1 N–H and O–H groups in total. The first kappa shape index (κ1) is 15.2. The molecule has 0 unspecified atom stereocenters. The van der Waals surface area contributed by atoms with Crippen LogP contribution in [0.2, 0.25) is 0 Å². The summed E-state index contributed by atoms with van der Waals surface area (Å²) in [4.78, 5) is 12.1. The minimum atomic E-state index is -0.304. The fraction of sp³-hybridized carbons (Fsp3) is 0.588. The molecule has 0 radical (unpaired) electrons. The van der Waals surface area contributed by atoms with Gasteiger partial charge in [0.05, 0.1) is 6.61 Å². The summed E-state index contributed by atoms with van der Waals surface area (Å²) in [6.07, 6.45) is 2.54. The van der Waals surface area contributed by atoms with Crippen molar-refractivity contribution < 1.29 is 19.0 Å². The zero-order valence-corrected chi connectivity index (χ0v) is 13.2. The molecule has 1 saturated heterocycles. The van der Waals surface area contributed by atoms with Crippen LogP contribution in [0, 0.1) is 0 Å². The Morgan fingerprint density at radius 3 is 3.05 bits per heavy atom. The molecule has 1 aromatic rings. The number of hydrogen-bond acceptors (Lipinski definition) is 4. The van der Waals surface area contributed by atoms with Gasteiger partial charge in [-0.05, 0) is 38.8 Å². The minimum absolute atomic E-state index is 0.0465. The van der Waals surface area contributed by atoms with Crippen molar-refractivity contribution in [2.24, 2.45) is 0 Å². The van der Waals surface area contributed by atoms with Gasteiger partial charge in [-0.3, -0.25) is 4.79 Å². The molecular formula is C17H23NO4. The van der Waals surface area contributed by atoms with Gasteiger partial charge in [-0.1, -0.05) is 0 Å². The predicted molar refractivity (Wildman–Crippen MR) is 82.2 cm³/mol. The molecule has 5 nitrogen and oxygen atoms in total. The van der Waals surface area contributed by atoms with E-state index < -0.39 is 0 Å².